The first-order chi connectivity index (χ1) is 15.3. The van der Waals surface area contributed by atoms with Gasteiger partial charge in [0.15, 0.2) is 6.17 Å². The van der Waals surface area contributed by atoms with Crippen LogP contribution in [0.3, 0.4) is 0 Å². The van der Waals surface area contributed by atoms with Crippen LogP contribution in [0.15, 0.2) is 0 Å². The minimum atomic E-state index is -1.66. The third kappa shape index (κ3) is 10.2. The highest BCUT2D eigenvalue weighted by atomic mass is 16.7. The second kappa shape index (κ2) is 15.3. The second-order valence-electron chi connectivity index (χ2n) is 7.81. The molecule has 0 aromatic carbocycles. The van der Waals surface area contributed by atoms with Gasteiger partial charge in [0.2, 0.25) is 5.91 Å². The zero-order chi connectivity index (χ0) is 23.9. The Labute approximate surface area is 187 Å². The Hall–Kier alpha value is -2.53. The third-order valence-corrected chi connectivity index (χ3v) is 5.08. The van der Waals surface area contributed by atoms with Crippen LogP contribution >= 0.6 is 0 Å². The van der Waals surface area contributed by atoms with Crippen molar-refractivity contribution in [1.82, 2.24) is 15.7 Å². The van der Waals surface area contributed by atoms with E-state index in [4.69, 9.17) is 9.94 Å². The van der Waals surface area contributed by atoms with E-state index in [1.54, 1.807) is 0 Å². The summed E-state index contributed by atoms with van der Waals surface area (Å²) in [6, 6.07) is -1.56. The number of carboxylic acids is 1. The van der Waals surface area contributed by atoms with Gasteiger partial charge < -0.3 is 20.4 Å². The van der Waals surface area contributed by atoms with Crippen LogP contribution in [0.2, 0.25) is 0 Å². The van der Waals surface area contributed by atoms with E-state index < -0.39 is 48.5 Å². The molecule has 1 heterocycles. The average molecular weight is 458 g/mol. The molecule has 0 aromatic rings. The molecule has 3 amide bonds. The number of imide groups is 1. The number of nitrogens with one attached hydrogen (secondary N) is 2. The molecule has 0 aromatic heterocycles. The van der Waals surface area contributed by atoms with Crippen LogP contribution in [0.4, 0.5) is 0 Å². The minimum Gasteiger partial charge on any atom is -0.480 e. The van der Waals surface area contributed by atoms with Crippen molar-refractivity contribution in [3.05, 3.63) is 0 Å². The fraction of sp³-hybridized carbons (Fsp3) is 0.762. The van der Waals surface area contributed by atoms with E-state index in [0.29, 0.717) is 11.5 Å². The Bertz CT molecular complexity index is 639. The van der Waals surface area contributed by atoms with Gasteiger partial charge in [-0.15, -0.1) is 5.06 Å². The standard InChI is InChI=1S/C21H35N3O8/c1-2-3-4-5-6-7-8-9-10-11-16(26)23-19(22-15(14-25)20(29)30)21(31)32-24-17(27)12-13-18(24)28/h15,19,22,25H,2-14H2,1H3,(H,23,26)(H,29,30)/t15-,19?/m0/s1. The van der Waals surface area contributed by atoms with Gasteiger partial charge in [0.1, 0.15) is 6.04 Å². The Morgan fingerprint density at radius 2 is 1.50 bits per heavy atom. The first-order valence-electron chi connectivity index (χ1n) is 11.3. The van der Waals surface area contributed by atoms with E-state index in [-0.39, 0.29) is 19.3 Å². The molecule has 4 N–H and O–H groups in total. The average Bonchev–Trinajstić information content (AvgIpc) is 3.07. The topological polar surface area (TPSA) is 162 Å². The van der Waals surface area contributed by atoms with Crippen molar-refractivity contribution in [3.8, 4) is 0 Å². The molecule has 1 saturated heterocycles. The number of rotatable bonds is 17. The second-order valence-corrected chi connectivity index (χ2v) is 7.81. The highest BCUT2D eigenvalue weighted by Gasteiger charge is 2.36. The summed E-state index contributed by atoms with van der Waals surface area (Å²) in [7, 11) is 0. The Balaban J connectivity index is 2.51. The van der Waals surface area contributed by atoms with Gasteiger partial charge >= 0.3 is 11.9 Å². The van der Waals surface area contributed by atoms with Crippen LogP contribution in [0.1, 0.15) is 84.0 Å². The van der Waals surface area contributed by atoms with Gasteiger partial charge in [0.25, 0.3) is 11.8 Å². The van der Waals surface area contributed by atoms with Crippen molar-refractivity contribution < 1.29 is 39.0 Å². The van der Waals surface area contributed by atoms with Gasteiger partial charge in [0, 0.05) is 19.3 Å². The molecule has 182 valence electrons. The SMILES string of the molecule is CCCCCCCCCCCC(=O)NC(N[C@@H](CO)C(=O)O)C(=O)ON1C(=O)CCC1=O. The number of aliphatic carboxylic acids is 1. The first kappa shape index (κ1) is 27.5. The number of aliphatic hydroxyl groups is 1. The van der Waals surface area contributed by atoms with Crippen molar-refractivity contribution in [2.24, 2.45) is 0 Å². The smallest absolute Gasteiger partial charge is 0.369 e. The van der Waals surface area contributed by atoms with Crippen LogP contribution in [0.5, 0.6) is 0 Å². The number of nitrogens with zero attached hydrogens (tertiary/aromatic N) is 1. The maximum absolute atomic E-state index is 12.4. The molecule has 2 atom stereocenters. The van der Waals surface area contributed by atoms with Gasteiger partial charge in [-0.25, -0.2) is 4.79 Å². The van der Waals surface area contributed by atoms with Gasteiger partial charge in [-0.2, -0.15) is 0 Å². The maximum Gasteiger partial charge on any atom is 0.369 e. The van der Waals surface area contributed by atoms with E-state index in [2.05, 4.69) is 17.6 Å². The molecule has 0 spiro atoms. The number of hydroxylamine groups is 2. The molecule has 1 unspecified atom stereocenters. The van der Waals surface area contributed by atoms with E-state index in [9.17, 15) is 29.1 Å². The Morgan fingerprint density at radius 3 is 2.00 bits per heavy atom. The van der Waals surface area contributed by atoms with E-state index in [0.717, 1.165) is 25.7 Å². The minimum absolute atomic E-state index is 0.108. The number of carbonyl (C=O) groups is 5. The van der Waals surface area contributed by atoms with E-state index in [1.165, 1.54) is 25.7 Å². The van der Waals surface area contributed by atoms with Crippen LogP contribution in [0, 0.1) is 0 Å². The normalized spacial score (nSPS) is 15.5. The Kier molecular flexibility index (Phi) is 13.2. The summed E-state index contributed by atoms with van der Waals surface area (Å²) in [5.74, 6) is -4.62. The lowest BCUT2D eigenvalue weighted by Crippen LogP contribution is -2.58. The molecule has 32 heavy (non-hydrogen) atoms. The van der Waals surface area contributed by atoms with Crippen molar-refractivity contribution >= 4 is 29.7 Å². The zero-order valence-corrected chi connectivity index (χ0v) is 18.6. The van der Waals surface area contributed by atoms with Crippen molar-refractivity contribution in [2.75, 3.05) is 6.61 Å². The van der Waals surface area contributed by atoms with Gasteiger partial charge in [-0.05, 0) is 6.42 Å². The summed E-state index contributed by atoms with van der Waals surface area (Å²) < 4.78 is 0. The molecule has 0 saturated carbocycles. The van der Waals surface area contributed by atoms with Crippen LogP contribution in [0.25, 0.3) is 0 Å². The highest BCUT2D eigenvalue weighted by molar-refractivity contribution is 6.02. The molecule has 0 radical (unpaired) electrons. The number of amides is 3. The molecule has 1 aliphatic heterocycles. The summed E-state index contributed by atoms with van der Waals surface area (Å²) in [6.45, 7) is 1.32. The molecule has 1 fully saturated rings. The first-order valence-corrected chi connectivity index (χ1v) is 11.3. The highest BCUT2D eigenvalue weighted by Crippen LogP contribution is 2.13. The lowest BCUT2D eigenvalue weighted by molar-refractivity contribution is -0.200. The number of unbranched alkanes of at least 4 members (excludes halogenated alkanes) is 8. The van der Waals surface area contributed by atoms with Crippen LogP contribution in [-0.2, 0) is 28.8 Å². The fourth-order valence-corrected chi connectivity index (χ4v) is 3.20. The monoisotopic (exact) mass is 457 g/mol. The quantitative estimate of drug-likeness (QED) is 0.142. The number of aliphatic hydroxyl groups excluding tert-OH is 1. The molecule has 1 rings (SSSR count). The number of carbonyl (C=O) groups excluding carboxylic acids is 4. The predicted octanol–water partition coefficient (Wildman–Crippen LogP) is 0.992. The summed E-state index contributed by atoms with van der Waals surface area (Å²) in [5.41, 5.74) is 0. The summed E-state index contributed by atoms with van der Waals surface area (Å²) in [4.78, 5) is 63.9. The van der Waals surface area contributed by atoms with Gasteiger partial charge in [0.05, 0.1) is 6.61 Å². The summed E-state index contributed by atoms with van der Waals surface area (Å²) in [5, 5.41) is 23.2. The summed E-state index contributed by atoms with van der Waals surface area (Å²) >= 11 is 0. The number of carboxylic acid groups (broad SMARTS) is 1. The van der Waals surface area contributed by atoms with Crippen molar-refractivity contribution in [3.63, 3.8) is 0 Å². The lowest BCUT2D eigenvalue weighted by Gasteiger charge is -2.23. The third-order valence-electron chi connectivity index (χ3n) is 5.08. The molecule has 11 heteroatoms. The number of hydrogen-bond acceptors (Lipinski definition) is 8. The van der Waals surface area contributed by atoms with Gasteiger partial charge in [-0.1, -0.05) is 58.3 Å². The zero-order valence-electron chi connectivity index (χ0n) is 18.6. The van der Waals surface area contributed by atoms with Crippen LogP contribution in [-0.4, -0.2) is 63.8 Å². The van der Waals surface area contributed by atoms with Crippen LogP contribution < -0.4 is 10.6 Å². The van der Waals surface area contributed by atoms with E-state index in [1.807, 2.05) is 0 Å². The fourth-order valence-electron chi connectivity index (χ4n) is 3.20. The summed E-state index contributed by atoms with van der Waals surface area (Å²) in [6.07, 6.45) is 7.82. The van der Waals surface area contributed by atoms with Crippen molar-refractivity contribution in [1.29, 1.82) is 0 Å². The maximum atomic E-state index is 12.4. The molecule has 11 nitrogen and oxygen atoms in total. The van der Waals surface area contributed by atoms with Gasteiger partial charge in [-0.3, -0.25) is 24.5 Å². The predicted molar refractivity (Wildman–Crippen MR) is 113 cm³/mol. The van der Waals surface area contributed by atoms with E-state index >= 15 is 0 Å². The van der Waals surface area contributed by atoms with Crippen molar-refractivity contribution in [2.45, 2.75) is 96.2 Å². The lowest BCUT2D eigenvalue weighted by atomic mass is 10.1. The molecule has 0 bridgehead atoms. The number of hydrogen-bond donors (Lipinski definition) is 4. The molecular weight excluding hydrogens is 422 g/mol. The molecule has 0 aliphatic carbocycles. The largest absolute Gasteiger partial charge is 0.480 e. The molecule has 1 aliphatic rings. The molecular formula is C21H35N3O8. The Morgan fingerprint density at radius 1 is 0.969 bits per heavy atom.